The molecule has 0 saturated heterocycles. The Bertz CT molecular complexity index is 549. The minimum absolute atomic E-state index is 0.246. The quantitative estimate of drug-likeness (QED) is 0.792. The lowest BCUT2D eigenvalue weighted by Crippen LogP contribution is -2.46. The third-order valence-corrected chi connectivity index (χ3v) is 4.61. The van der Waals surface area contributed by atoms with E-state index >= 15 is 0 Å². The van der Waals surface area contributed by atoms with Gasteiger partial charge in [0, 0.05) is 6.42 Å². The molecule has 2 rings (SSSR count). The highest BCUT2D eigenvalue weighted by atomic mass is 16.6. The molecule has 0 aromatic heterocycles. The Balaban J connectivity index is 2.08. The number of hydrogen-bond donors (Lipinski definition) is 1. The van der Waals surface area contributed by atoms with Crippen LogP contribution in [0.25, 0.3) is 0 Å². The number of ether oxygens (including phenoxy) is 2. The van der Waals surface area contributed by atoms with Crippen LogP contribution in [-0.2, 0) is 20.7 Å². The van der Waals surface area contributed by atoms with E-state index in [2.05, 4.69) is 0 Å². The van der Waals surface area contributed by atoms with E-state index in [4.69, 9.17) is 9.47 Å². The molecule has 1 fully saturated rings. The van der Waals surface area contributed by atoms with Gasteiger partial charge in [-0.05, 0) is 58.4 Å². The zero-order valence-corrected chi connectivity index (χ0v) is 16.0. The van der Waals surface area contributed by atoms with Gasteiger partial charge in [0.1, 0.15) is 5.60 Å². The van der Waals surface area contributed by atoms with Crippen LogP contribution in [0.2, 0.25) is 0 Å². The van der Waals surface area contributed by atoms with Crippen LogP contribution in [0.15, 0.2) is 30.3 Å². The summed E-state index contributed by atoms with van der Waals surface area (Å²) in [4.78, 5) is 12.8. The van der Waals surface area contributed by atoms with Gasteiger partial charge in [0.05, 0.1) is 12.7 Å². The van der Waals surface area contributed by atoms with E-state index in [9.17, 15) is 9.90 Å². The first-order chi connectivity index (χ1) is 11.7. The molecule has 1 N–H and O–H groups in total. The van der Waals surface area contributed by atoms with Crippen LogP contribution in [0.4, 0.5) is 0 Å². The first-order valence-electron chi connectivity index (χ1n) is 9.27. The highest BCUT2D eigenvalue weighted by molar-refractivity contribution is 5.80. The fourth-order valence-electron chi connectivity index (χ4n) is 3.27. The van der Waals surface area contributed by atoms with Crippen molar-refractivity contribution in [3.05, 3.63) is 35.9 Å². The smallest absolute Gasteiger partial charge is 0.338 e. The summed E-state index contributed by atoms with van der Waals surface area (Å²) in [5, 5.41) is 9.86. The second-order valence-corrected chi connectivity index (χ2v) is 8.39. The van der Waals surface area contributed by atoms with Crippen LogP contribution in [0.1, 0.15) is 58.9 Å². The summed E-state index contributed by atoms with van der Waals surface area (Å²) in [7, 11) is 0. The van der Waals surface area contributed by atoms with Crippen LogP contribution in [0, 0.1) is 5.92 Å². The third kappa shape index (κ3) is 6.44. The lowest BCUT2D eigenvalue weighted by atomic mass is 9.87. The predicted octanol–water partition coefficient (Wildman–Crippen LogP) is 3.90. The molecule has 1 unspecified atom stereocenters. The number of carbonyl (C=O) groups excluding carboxylic acids is 1. The van der Waals surface area contributed by atoms with Crippen molar-refractivity contribution in [3.63, 3.8) is 0 Å². The number of esters is 1. The summed E-state index contributed by atoms with van der Waals surface area (Å²) in [5.41, 5.74) is -0.546. The molecule has 0 spiro atoms. The molecule has 0 radical (unpaired) electrons. The van der Waals surface area contributed by atoms with Gasteiger partial charge in [-0.2, -0.15) is 0 Å². The molecule has 1 aromatic rings. The van der Waals surface area contributed by atoms with Crippen molar-refractivity contribution in [2.24, 2.45) is 5.92 Å². The van der Waals surface area contributed by atoms with Crippen molar-refractivity contribution in [3.8, 4) is 0 Å². The maximum atomic E-state index is 12.8. The van der Waals surface area contributed by atoms with Gasteiger partial charge >= 0.3 is 5.97 Å². The Morgan fingerprint density at radius 3 is 2.44 bits per heavy atom. The van der Waals surface area contributed by atoms with E-state index in [1.54, 1.807) is 0 Å². The summed E-state index contributed by atoms with van der Waals surface area (Å²) in [6, 6.07) is 9.87. The van der Waals surface area contributed by atoms with Crippen molar-refractivity contribution in [2.45, 2.75) is 77.1 Å². The number of aliphatic hydroxyl groups is 1. The van der Waals surface area contributed by atoms with Crippen molar-refractivity contribution >= 4 is 5.97 Å². The Hall–Kier alpha value is -1.39. The summed E-state index contributed by atoms with van der Waals surface area (Å²) in [5.74, 6) is -0.0403. The first kappa shape index (κ1) is 19.9. The fourth-order valence-corrected chi connectivity index (χ4v) is 3.27. The largest absolute Gasteiger partial charge is 0.458 e. The van der Waals surface area contributed by atoms with E-state index in [0.29, 0.717) is 18.9 Å². The highest BCUT2D eigenvalue weighted by Gasteiger charge is 2.39. The molecule has 1 aromatic carbocycles. The predicted molar refractivity (Wildman–Crippen MR) is 98.3 cm³/mol. The Morgan fingerprint density at radius 1 is 1.16 bits per heavy atom. The number of carbonyl (C=O) groups is 1. The van der Waals surface area contributed by atoms with E-state index in [1.807, 2.05) is 58.0 Å². The van der Waals surface area contributed by atoms with Crippen molar-refractivity contribution in [2.75, 3.05) is 6.61 Å². The number of benzene rings is 1. The molecular formula is C21H32O4. The second kappa shape index (κ2) is 8.33. The van der Waals surface area contributed by atoms with E-state index < -0.39 is 11.2 Å². The van der Waals surface area contributed by atoms with Crippen LogP contribution < -0.4 is 0 Å². The topological polar surface area (TPSA) is 55.8 Å². The normalized spacial score (nSPS) is 23.7. The Labute approximate surface area is 151 Å². The average molecular weight is 348 g/mol. The van der Waals surface area contributed by atoms with Gasteiger partial charge in [0.2, 0.25) is 0 Å². The van der Waals surface area contributed by atoms with Crippen molar-refractivity contribution in [1.82, 2.24) is 0 Å². The molecular weight excluding hydrogens is 316 g/mol. The first-order valence-corrected chi connectivity index (χ1v) is 9.27. The maximum absolute atomic E-state index is 12.8. The molecule has 1 saturated carbocycles. The summed E-state index contributed by atoms with van der Waals surface area (Å²) in [6.45, 7) is 7.88. The van der Waals surface area contributed by atoms with Crippen LogP contribution in [0.5, 0.6) is 0 Å². The van der Waals surface area contributed by atoms with Crippen LogP contribution in [0.3, 0.4) is 0 Å². The Kier molecular flexibility index (Phi) is 6.64. The fraction of sp³-hybridized carbons (Fsp3) is 0.667. The molecule has 140 valence electrons. The van der Waals surface area contributed by atoms with E-state index in [-0.39, 0.29) is 12.1 Å². The standard InChI is InChI=1S/C21H32O4/c1-20(2,3)25-19(23)21(4,14-16-9-6-5-7-10-16)24-15-17-11-8-12-18(22)13-17/h5-7,9-10,17-18,22H,8,11-15H2,1-4H3/t17-,18+,21?/m1/s1. The lowest BCUT2D eigenvalue weighted by Gasteiger charge is -2.34. The molecule has 0 bridgehead atoms. The molecule has 3 atom stereocenters. The number of hydrogen-bond acceptors (Lipinski definition) is 4. The summed E-state index contributed by atoms with van der Waals surface area (Å²) in [6.07, 6.45) is 3.88. The molecule has 1 aliphatic rings. The van der Waals surface area contributed by atoms with Crippen LogP contribution >= 0.6 is 0 Å². The molecule has 0 amide bonds. The molecule has 25 heavy (non-hydrogen) atoms. The van der Waals surface area contributed by atoms with Gasteiger partial charge in [-0.25, -0.2) is 4.79 Å². The number of aliphatic hydroxyl groups excluding tert-OH is 1. The second-order valence-electron chi connectivity index (χ2n) is 8.39. The average Bonchev–Trinajstić information content (AvgIpc) is 2.52. The number of rotatable bonds is 6. The van der Waals surface area contributed by atoms with Gasteiger partial charge in [-0.3, -0.25) is 0 Å². The summed E-state index contributed by atoms with van der Waals surface area (Å²) >= 11 is 0. The SMILES string of the molecule is CC(C)(C)OC(=O)C(C)(Cc1ccccc1)OC[C@@H]1CCC[C@H](O)C1. The van der Waals surface area contributed by atoms with Crippen molar-refractivity contribution < 1.29 is 19.4 Å². The van der Waals surface area contributed by atoms with E-state index in [1.165, 1.54) is 0 Å². The molecule has 0 aliphatic heterocycles. The van der Waals surface area contributed by atoms with Gasteiger partial charge in [0.15, 0.2) is 5.60 Å². The minimum atomic E-state index is -1.03. The van der Waals surface area contributed by atoms with Gasteiger partial charge in [-0.1, -0.05) is 36.8 Å². The molecule has 0 heterocycles. The third-order valence-electron chi connectivity index (χ3n) is 4.61. The monoisotopic (exact) mass is 348 g/mol. The summed E-state index contributed by atoms with van der Waals surface area (Å²) < 4.78 is 11.8. The van der Waals surface area contributed by atoms with Gasteiger partial charge < -0.3 is 14.6 Å². The van der Waals surface area contributed by atoms with Crippen LogP contribution in [-0.4, -0.2) is 35.0 Å². The minimum Gasteiger partial charge on any atom is -0.458 e. The zero-order chi connectivity index (χ0) is 18.5. The zero-order valence-electron chi connectivity index (χ0n) is 16.0. The maximum Gasteiger partial charge on any atom is 0.338 e. The van der Waals surface area contributed by atoms with Crippen molar-refractivity contribution in [1.29, 1.82) is 0 Å². The van der Waals surface area contributed by atoms with Gasteiger partial charge in [0.25, 0.3) is 0 Å². The lowest BCUT2D eigenvalue weighted by molar-refractivity contribution is -0.184. The van der Waals surface area contributed by atoms with Gasteiger partial charge in [-0.15, -0.1) is 0 Å². The molecule has 1 aliphatic carbocycles. The Morgan fingerprint density at radius 2 is 1.84 bits per heavy atom. The molecule has 4 heteroatoms. The van der Waals surface area contributed by atoms with E-state index in [0.717, 1.165) is 31.2 Å². The highest BCUT2D eigenvalue weighted by Crippen LogP contribution is 2.28. The molecule has 4 nitrogen and oxygen atoms in total.